The first-order valence-corrected chi connectivity index (χ1v) is 9.20. The van der Waals surface area contributed by atoms with Crippen molar-refractivity contribution in [1.82, 2.24) is 10.6 Å². The maximum Gasteiger partial charge on any atom is 0.191 e. The average Bonchev–Trinajstić information content (AvgIpc) is 2.72. The lowest BCUT2D eigenvalue weighted by Crippen LogP contribution is -2.39. The zero-order valence-corrected chi connectivity index (χ0v) is 18.4. The first kappa shape index (κ1) is 21.5. The number of ether oxygens (including phenoxy) is 1. The van der Waals surface area contributed by atoms with E-state index in [-0.39, 0.29) is 30.0 Å². The normalized spacial score (nSPS) is 15.6. The SMILES string of the molecule is CN=C(NCc1ccccc1N1CCOCC1)NC(C)c1ccccc1.I. The second-order valence-corrected chi connectivity index (χ2v) is 6.43. The van der Waals surface area contributed by atoms with Crippen molar-refractivity contribution >= 4 is 35.6 Å². The van der Waals surface area contributed by atoms with Gasteiger partial charge in [-0.05, 0) is 24.1 Å². The summed E-state index contributed by atoms with van der Waals surface area (Å²) >= 11 is 0. The Kier molecular flexibility index (Phi) is 8.87. The van der Waals surface area contributed by atoms with Crippen LogP contribution in [0.15, 0.2) is 59.6 Å². The fourth-order valence-electron chi connectivity index (χ4n) is 3.18. The molecule has 146 valence electrons. The lowest BCUT2D eigenvalue weighted by Gasteiger charge is -2.30. The van der Waals surface area contributed by atoms with E-state index in [1.54, 1.807) is 7.05 Å². The van der Waals surface area contributed by atoms with Crippen molar-refractivity contribution in [3.8, 4) is 0 Å². The number of nitrogens with zero attached hydrogens (tertiary/aromatic N) is 2. The van der Waals surface area contributed by atoms with Gasteiger partial charge in [0.2, 0.25) is 0 Å². The van der Waals surface area contributed by atoms with E-state index in [9.17, 15) is 0 Å². The van der Waals surface area contributed by atoms with Crippen LogP contribution in [0.2, 0.25) is 0 Å². The molecule has 1 atom stereocenters. The van der Waals surface area contributed by atoms with Gasteiger partial charge in [0.05, 0.1) is 19.3 Å². The molecular weight excluding hydrogens is 451 g/mol. The van der Waals surface area contributed by atoms with Gasteiger partial charge in [-0.25, -0.2) is 0 Å². The molecule has 0 aromatic heterocycles. The highest BCUT2D eigenvalue weighted by Gasteiger charge is 2.15. The standard InChI is InChI=1S/C21H28N4O.HI/c1-17(18-8-4-3-5-9-18)24-21(22-2)23-16-19-10-6-7-11-20(19)25-12-14-26-15-13-25;/h3-11,17H,12-16H2,1-2H3,(H2,22,23,24);1H. The number of morpholine rings is 1. The van der Waals surface area contributed by atoms with Crippen LogP contribution in [0.3, 0.4) is 0 Å². The van der Waals surface area contributed by atoms with Crippen LogP contribution in [0, 0.1) is 0 Å². The van der Waals surface area contributed by atoms with Crippen LogP contribution < -0.4 is 15.5 Å². The fourth-order valence-corrected chi connectivity index (χ4v) is 3.18. The molecule has 1 heterocycles. The number of hydrogen-bond acceptors (Lipinski definition) is 3. The molecule has 0 aliphatic carbocycles. The third kappa shape index (κ3) is 6.10. The van der Waals surface area contributed by atoms with Crippen LogP contribution in [0.1, 0.15) is 24.1 Å². The molecule has 5 nitrogen and oxygen atoms in total. The van der Waals surface area contributed by atoms with Gasteiger partial charge in [-0.15, -0.1) is 24.0 Å². The van der Waals surface area contributed by atoms with Gasteiger partial charge in [0, 0.05) is 32.4 Å². The van der Waals surface area contributed by atoms with Crippen molar-refractivity contribution in [3.05, 3.63) is 65.7 Å². The third-order valence-corrected chi connectivity index (χ3v) is 4.67. The number of anilines is 1. The Bertz CT molecular complexity index is 717. The fraction of sp³-hybridized carbons (Fsp3) is 0.381. The first-order valence-electron chi connectivity index (χ1n) is 9.20. The highest BCUT2D eigenvalue weighted by molar-refractivity contribution is 14.0. The molecule has 0 amide bonds. The van der Waals surface area contributed by atoms with Crippen molar-refractivity contribution in [1.29, 1.82) is 0 Å². The number of para-hydroxylation sites is 1. The molecule has 1 unspecified atom stereocenters. The molecular formula is C21H29IN4O. The Morgan fingerprint density at radius 3 is 2.44 bits per heavy atom. The maximum atomic E-state index is 5.48. The lowest BCUT2D eigenvalue weighted by atomic mass is 10.1. The number of guanidine groups is 1. The summed E-state index contributed by atoms with van der Waals surface area (Å²) in [7, 11) is 1.81. The number of halogens is 1. The van der Waals surface area contributed by atoms with Crippen LogP contribution in [0.4, 0.5) is 5.69 Å². The summed E-state index contributed by atoms with van der Waals surface area (Å²) in [6.07, 6.45) is 0. The Hall–Kier alpha value is -1.80. The summed E-state index contributed by atoms with van der Waals surface area (Å²) in [5.41, 5.74) is 3.78. The molecule has 3 rings (SSSR count). The Morgan fingerprint density at radius 1 is 1.07 bits per heavy atom. The van der Waals surface area contributed by atoms with Gasteiger partial charge in [0.25, 0.3) is 0 Å². The lowest BCUT2D eigenvalue weighted by molar-refractivity contribution is 0.122. The second-order valence-electron chi connectivity index (χ2n) is 6.43. The van der Waals surface area contributed by atoms with Crippen molar-refractivity contribution in [2.24, 2.45) is 4.99 Å². The Labute approximate surface area is 179 Å². The number of nitrogens with one attached hydrogen (secondary N) is 2. The van der Waals surface area contributed by atoms with Crippen LogP contribution in [0.5, 0.6) is 0 Å². The molecule has 2 aromatic rings. The first-order chi connectivity index (χ1) is 12.8. The quantitative estimate of drug-likeness (QED) is 0.391. The van der Waals surface area contributed by atoms with Crippen molar-refractivity contribution < 1.29 is 4.74 Å². The van der Waals surface area contributed by atoms with E-state index in [0.717, 1.165) is 38.8 Å². The number of hydrogen-bond donors (Lipinski definition) is 2. The Balaban J connectivity index is 0.00000261. The molecule has 1 saturated heterocycles. The van der Waals surface area contributed by atoms with Gasteiger partial charge in [-0.1, -0.05) is 48.5 Å². The summed E-state index contributed by atoms with van der Waals surface area (Å²) in [5.74, 6) is 0.804. The molecule has 0 spiro atoms. The molecule has 2 aromatic carbocycles. The summed E-state index contributed by atoms with van der Waals surface area (Å²) in [4.78, 5) is 6.76. The molecule has 27 heavy (non-hydrogen) atoms. The zero-order chi connectivity index (χ0) is 18.2. The number of rotatable bonds is 5. The molecule has 0 saturated carbocycles. The van der Waals surface area contributed by atoms with E-state index < -0.39 is 0 Å². The molecule has 0 radical (unpaired) electrons. The van der Waals surface area contributed by atoms with Gasteiger partial charge in [0.1, 0.15) is 0 Å². The van der Waals surface area contributed by atoms with E-state index in [4.69, 9.17) is 4.74 Å². The molecule has 6 heteroatoms. The predicted octanol–water partition coefficient (Wildman–Crippen LogP) is 3.57. The third-order valence-electron chi connectivity index (χ3n) is 4.67. The summed E-state index contributed by atoms with van der Waals surface area (Å²) in [6, 6.07) is 19.1. The van der Waals surface area contributed by atoms with Crippen molar-refractivity contribution in [2.45, 2.75) is 19.5 Å². The van der Waals surface area contributed by atoms with Gasteiger partial charge < -0.3 is 20.3 Å². The highest BCUT2D eigenvalue weighted by atomic mass is 127. The van der Waals surface area contributed by atoms with Crippen LogP contribution in [-0.2, 0) is 11.3 Å². The van der Waals surface area contributed by atoms with Gasteiger partial charge >= 0.3 is 0 Å². The van der Waals surface area contributed by atoms with Crippen molar-refractivity contribution in [3.63, 3.8) is 0 Å². The molecule has 1 aliphatic heterocycles. The van der Waals surface area contributed by atoms with E-state index >= 15 is 0 Å². The van der Waals surface area contributed by atoms with E-state index in [1.165, 1.54) is 16.8 Å². The minimum atomic E-state index is 0. The summed E-state index contributed by atoms with van der Waals surface area (Å²) in [6.45, 7) is 6.34. The van der Waals surface area contributed by atoms with E-state index in [1.807, 2.05) is 6.07 Å². The smallest absolute Gasteiger partial charge is 0.191 e. The Morgan fingerprint density at radius 2 is 1.74 bits per heavy atom. The van der Waals surface area contributed by atoms with Crippen molar-refractivity contribution in [2.75, 3.05) is 38.3 Å². The van der Waals surface area contributed by atoms with Crippen LogP contribution in [-0.4, -0.2) is 39.3 Å². The van der Waals surface area contributed by atoms with Crippen LogP contribution >= 0.6 is 24.0 Å². The average molecular weight is 480 g/mol. The maximum absolute atomic E-state index is 5.48. The summed E-state index contributed by atoms with van der Waals surface area (Å²) in [5, 5.41) is 6.90. The van der Waals surface area contributed by atoms with E-state index in [2.05, 4.69) is 76.0 Å². The summed E-state index contributed by atoms with van der Waals surface area (Å²) < 4.78 is 5.48. The monoisotopic (exact) mass is 480 g/mol. The second kappa shape index (κ2) is 11.1. The van der Waals surface area contributed by atoms with Gasteiger partial charge in [-0.2, -0.15) is 0 Å². The number of aliphatic imine (C=N–C) groups is 1. The van der Waals surface area contributed by atoms with E-state index in [0.29, 0.717) is 0 Å². The predicted molar refractivity (Wildman–Crippen MR) is 123 cm³/mol. The largest absolute Gasteiger partial charge is 0.378 e. The topological polar surface area (TPSA) is 48.9 Å². The minimum absolute atomic E-state index is 0. The molecule has 0 bridgehead atoms. The molecule has 1 aliphatic rings. The molecule has 1 fully saturated rings. The minimum Gasteiger partial charge on any atom is -0.378 e. The number of benzene rings is 2. The van der Waals surface area contributed by atoms with Gasteiger partial charge in [0.15, 0.2) is 5.96 Å². The zero-order valence-electron chi connectivity index (χ0n) is 16.0. The van der Waals surface area contributed by atoms with Crippen LogP contribution in [0.25, 0.3) is 0 Å². The van der Waals surface area contributed by atoms with Gasteiger partial charge in [-0.3, -0.25) is 4.99 Å². The molecule has 2 N–H and O–H groups in total. The highest BCUT2D eigenvalue weighted by Crippen LogP contribution is 2.21.